The fourth-order valence-corrected chi connectivity index (χ4v) is 18.1. The van der Waals surface area contributed by atoms with E-state index in [4.69, 9.17) is 10.2 Å². The van der Waals surface area contributed by atoms with Gasteiger partial charge in [-0.25, -0.2) is 0 Å². The molecule has 6 heterocycles. The molecular formula is C106H73N13S. The van der Waals surface area contributed by atoms with Gasteiger partial charge in [0.1, 0.15) is 10.0 Å². The molecule has 0 bridgehead atoms. The maximum absolute atomic E-state index is 4.88. The van der Waals surface area contributed by atoms with Crippen LogP contribution in [0.5, 0.6) is 0 Å². The zero-order chi connectivity index (χ0) is 79.4. The van der Waals surface area contributed by atoms with Crippen LogP contribution in [0.4, 0.5) is 136 Å². The first kappa shape index (κ1) is 70.5. The Kier molecular flexibility index (Phi) is 17.8. The highest BCUT2D eigenvalue weighted by Gasteiger charge is 2.36. The lowest BCUT2D eigenvalue weighted by molar-refractivity contribution is 1.07. The number of nitrogens with zero attached hydrogens (tertiary/aromatic N) is 13. The molecule has 0 saturated heterocycles. The monoisotopic (exact) mass is 1560 g/mol. The summed E-state index contributed by atoms with van der Waals surface area (Å²) in [7, 11) is 0. The molecule has 23 rings (SSSR count). The number of rotatable bonds is 13. The molecular weight excluding hydrogens is 1490 g/mol. The Morgan fingerprint density at radius 2 is 0.283 bits per heavy atom. The van der Waals surface area contributed by atoms with E-state index in [9.17, 15) is 0 Å². The second-order valence-corrected chi connectivity index (χ2v) is 30.5. The molecule has 0 amide bonds. The quantitative estimate of drug-likeness (QED) is 0.110. The van der Waals surface area contributed by atoms with Crippen LogP contribution in [0, 0.1) is 0 Å². The third-order valence-electron chi connectivity index (χ3n) is 22.6. The van der Waals surface area contributed by atoms with Crippen molar-refractivity contribution in [2.45, 2.75) is 0 Å². The first-order chi connectivity index (χ1) is 59.6. The van der Waals surface area contributed by atoms with Crippen LogP contribution in [0.25, 0.3) is 49.6 Å². The normalized spacial score (nSPS) is 12.7. The molecule has 14 heteroatoms. The Morgan fingerprint density at radius 3 is 0.467 bits per heavy atom. The fraction of sp³-hybridized carbons (Fsp3) is 0. The summed E-state index contributed by atoms with van der Waals surface area (Å²) in [6.07, 6.45) is 0. The molecule has 0 atom stereocenters. The molecule has 2 aromatic heterocycles. The number of fused-ring (bicyclic) bond motifs is 8. The van der Waals surface area contributed by atoms with Crippen LogP contribution < -0.4 is 39.2 Å². The first-order valence-corrected chi connectivity index (χ1v) is 41.0. The van der Waals surface area contributed by atoms with Gasteiger partial charge in [0.25, 0.3) is 0 Å². The van der Waals surface area contributed by atoms with Crippen molar-refractivity contribution < 1.29 is 0 Å². The van der Waals surface area contributed by atoms with E-state index in [1.54, 1.807) is 11.3 Å². The van der Waals surface area contributed by atoms with Gasteiger partial charge in [0, 0.05) is 73.4 Å². The van der Waals surface area contributed by atoms with Gasteiger partial charge in [-0.05, 0) is 255 Å². The van der Waals surface area contributed by atoms with Gasteiger partial charge in [0.2, 0.25) is 0 Å². The van der Waals surface area contributed by atoms with E-state index in [0.29, 0.717) is 0 Å². The molecule has 17 aromatic carbocycles. The summed E-state index contributed by atoms with van der Waals surface area (Å²) in [5.74, 6) is 1.53. The van der Waals surface area contributed by atoms with E-state index in [1.807, 2.05) is 6.07 Å². The number of hydrogen-bond acceptors (Lipinski definition) is 13. The minimum Gasteiger partial charge on any atom is -0.306 e. The molecule has 0 radical (unpaired) electrons. The van der Waals surface area contributed by atoms with Gasteiger partial charge in [0.15, 0.2) is 11.6 Å². The lowest BCUT2D eigenvalue weighted by Crippen LogP contribution is -2.23. The van der Waals surface area contributed by atoms with E-state index >= 15 is 0 Å². The minimum absolute atomic E-state index is 0.765. The van der Waals surface area contributed by atoms with Gasteiger partial charge in [-0.3, -0.25) is 4.57 Å². The van der Waals surface area contributed by atoms with Crippen molar-refractivity contribution in [3.05, 3.63) is 443 Å². The Bertz CT molecular complexity index is 6370. The van der Waals surface area contributed by atoms with Crippen LogP contribution in [-0.2, 0) is 0 Å². The van der Waals surface area contributed by atoms with Crippen LogP contribution in [0.1, 0.15) is 0 Å². The molecule has 0 spiro atoms. The summed E-state index contributed by atoms with van der Waals surface area (Å²) < 4.78 is 2.16. The molecule has 0 fully saturated rings. The summed E-state index contributed by atoms with van der Waals surface area (Å²) in [6, 6.07) is 156. The van der Waals surface area contributed by atoms with Gasteiger partial charge in [-0.15, -0.1) is 20.4 Å². The summed E-state index contributed by atoms with van der Waals surface area (Å²) >= 11 is 1.61. The highest BCUT2D eigenvalue weighted by molar-refractivity contribution is 7.17. The topological polar surface area (TPSA) is 82.4 Å². The largest absolute Gasteiger partial charge is 0.306 e. The Hall–Kier alpha value is -16.2. The third-order valence-corrected chi connectivity index (χ3v) is 23.6. The highest BCUT2D eigenvalue weighted by atomic mass is 32.1. The van der Waals surface area contributed by atoms with Crippen LogP contribution in [-0.4, -0.2) is 25.0 Å². The molecule has 4 aliphatic heterocycles. The van der Waals surface area contributed by atoms with Crippen LogP contribution >= 0.6 is 11.3 Å². The van der Waals surface area contributed by atoms with Crippen molar-refractivity contribution in [1.29, 1.82) is 0 Å². The van der Waals surface area contributed by atoms with Gasteiger partial charge < -0.3 is 39.2 Å². The lowest BCUT2D eigenvalue weighted by Gasteiger charge is -2.40. The molecule has 568 valence electrons. The molecule has 0 N–H and O–H groups in total. The minimum atomic E-state index is 0.765. The van der Waals surface area contributed by atoms with Crippen molar-refractivity contribution in [2.24, 2.45) is 0 Å². The molecule has 0 aliphatic carbocycles. The van der Waals surface area contributed by atoms with E-state index < -0.39 is 0 Å². The number of hydrogen-bond donors (Lipinski definition) is 0. The van der Waals surface area contributed by atoms with E-state index in [2.05, 4.69) is 491 Å². The van der Waals surface area contributed by atoms with Gasteiger partial charge in [0.05, 0.1) is 91.0 Å². The van der Waals surface area contributed by atoms with Gasteiger partial charge >= 0.3 is 0 Å². The van der Waals surface area contributed by atoms with E-state index in [1.165, 1.54) is 0 Å². The molecule has 13 nitrogen and oxygen atoms in total. The second kappa shape index (κ2) is 30.2. The van der Waals surface area contributed by atoms with Crippen molar-refractivity contribution in [2.75, 3.05) is 39.2 Å². The highest BCUT2D eigenvalue weighted by Crippen LogP contribution is 2.59. The number of para-hydroxylation sites is 21. The maximum atomic E-state index is 4.88. The standard InChI is InChI=1S/C56H39N7.C50H34N6S/c1-4-18-42(19-5-1)59-47-24-10-14-28-51(47)61(52-29-15-11-25-48(52)59)45-36-32-40(33-37-45)55-57-58-56(63(55)44-22-8-3-9-23-44)41-34-38-46(39-35-41)62-53-30-16-12-26-49(53)60(43-20-6-2-7-21-43)50-27-13-17-31-54(50)62;1-3-15-37(16-4-1)53-41-19-7-11-23-45(41)55(46-24-12-8-20-42(46)53)39-31-27-35(28-32-39)49-51-52-50(57-49)36-29-33-40(34-30-36)56-47-25-13-9-21-43(47)54(38-17-5-2-6-18-38)44-22-10-14-26-48(44)56/h1-39H;1-34H. The maximum Gasteiger partial charge on any atom is 0.168 e. The lowest BCUT2D eigenvalue weighted by atomic mass is 10.0. The summed E-state index contributed by atoms with van der Waals surface area (Å²) in [4.78, 5) is 18.8. The molecule has 0 unspecified atom stereocenters. The van der Waals surface area contributed by atoms with Crippen molar-refractivity contribution in [3.8, 4) is 49.6 Å². The average molecular weight is 1560 g/mol. The summed E-state index contributed by atoms with van der Waals surface area (Å²) in [5.41, 5.74) is 31.7. The predicted molar refractivity (Wildman–Crippen MR) is 495 cm³/mol. The van der Waals surface area contributed by atoms with Crippen molar-refractivity contribution >= 4 is 148 Å². The number of anilines is 24. The van der Waals surface area contributed by atoms with Crippen molar-refractivity contribution in [1.82, 2.24) is 25.0 Å². The molecule has 120 heavy (non-hydrogen) atoms. The summed E-state index contributed by atoms with van der Waals surface area (Å²) in [6.45, 7) is 0. The first-order valence-electron chi connectivity index (χ1n) is 40.2. The van der Waals surface area contributed by atoms with Crippen LogP contribution in [0.15, 0.2) is 443 Å². The zero-order valence-electron chi connectivity index (χ0n) is 64.9. The smallest absolute Gasteiger partial charge is 0.168 e. The van der Waals surface area contributed by atoms with Gasteiger partial charge in [-0.1, -0.05) is 199 Å². The van der Waals surface area contributed by atoms with E-state index in [-0.39, 0.29) is 0 Å². The second-order valence-electron chi connectivity index (χ2n) is 29.6. The Morgan fingerprint density at radius 1 is 0.133 bits per heavy atom. The fourth-order valence-electron chi connectivity index (χ4n) is 17.3. The SMILES string of the molecule is c1ccc(N2c3ccccc3N(c3ccc(-c4nnc(-c5ccc(N6c7ccccc7N(c7ccccc7)c7ccccc76)cc5)n4-c4ccccc4)cc3)c3ccccc32)cc1.c1ccc(N2c3ccccc3N(c3ccc(-c4nnc(-c5ccc(N6c7ccccc7N(c7ccccc7)c7ccccc76)cc5)s4)cc3)c3ccccc32)cc1. The third kappa shape index (κ3) is 12.3. The van der Waals surface area contributed by atoms with Crippen LogP contribution in [0.3, 0.4) is 0 Å². The molecule has 4 aliphatic rings. The molecule has 0 saturated carbocycles. The van der Waals surface area contributed by atoms with E-state index in [0.717, 1.165) is 186 Å². The zero-order valence-corrected chi connectivity index (χ0v) is 65.7. The number of aromatic nitrogens is 5. The summed E-state index contributed by atoms with van der Waals surface area (Å²) in [5, 5.41) is 20.9. The van der Waals surface area contributed by atoms with Crippen LogP contribution in [0.2, 0.25) is 0 Å². The predicted octanol–water partition coefficient (Wildman–Crippen LogP) is 29.5. The van der Waals surface area contributed by atoms with Gasteiger partial charge in [-0.2, -0.15) is 0 Å². The molecule has 19 aromatic rings. The Balaban J connectivity index is 0.000000145. The Labute approximate surface area is 699 Å². The average Bonchev–Trinajstić information content (AvgIpc) is 1.16. The van der Waals surface area contributed by atoms with Crippen molar-refractivity contribution in [3.63, 3.8) is 0 Å². The number of benzene rings is 17.